The van der Waals surface area contributed by atoms with Gasteiger partial charge in [0.1, 0.15) is 23.0 Å². The van der Waals surface area contributed by atoms with Crippen molar-refractivity contribution in [3.05, 3.63) is 192 Å². The van der Waals surface area contributed by atoms with E-state index in [9.17, 15) is 10.2 Å². The summed E-state index contributed by atoms with van der Waals surface area (Å²) in [4.78, 5) is 18.2. The number of phenols is 2. The zero-order valence-corrected chi connectivity index (χ0v) is 48.1. The van der Waals surface area contributed by atoms with E-state index in [-0.39, 0.29) is 38.2 Å². The lowest BCUT2D eigenvalue weighted by Crippen LogP contribution is -2.12. The number of phenolic OH excluding ortho intramolecular Hbond substituents is 2. The van der Waals surface area contributed by atoms with Gasteiger partial charge in [-0.15, -0.1) is 0 Å². The molecule has 0 bridgehead atoms. The monoisotopic (exact) mass is 1000 g/mol. The van der Waals surface area contributed by atoms with E-state index < -0.39 is 0 Å². The molecule has 0 saturated heterocycles. The van der Waals surface area contributed by atoms with Crippen molar-refractivity contribution in [2.24, 2.45) is 0 Å². The predicted octanol–water partition coefficient (Wildman–Crippen LogP) is 18.3. The first-order valence-corrected chi connectivity index (χ1v) is 26.2. The van der Waals surface area contributed by atoms with E-state index in [2.05, 4.69) is 218 Å². The van der Waals surface area contributed by atoms with E-state index in [1.807, 2.05) is 61.2 Å². The lowest BCUT2D eigenvalue weighted by Gasteiger charge is -2.22. The molecule has 4 aromatic heterocycles. The maximum absolute atomic E-state index is 10.0. The van der Waals surface area contributed by atoms with E-state index in [1.54, 1.807) is 18.2 Å². The van der Waals surface area contributed by atoms with Crippen molar-refractivity contribution in [2.45, 2.75) is 157 Å². The van der Waals surface area contributed by atoms with Crippen LogP contribution in [0.5, 0.6) is 23.0 Å². The first-order chi connectivity index (χ1) is 34.7. The Hall–Kier alpha value is -7.12. The Morgan fingerprint density at radius 2 is 0.600 bits per heavy atom. The Bertz CT molecular complexity index is 3220. The molecule has 392 valence electrons. The summed E-state index contributed by atoms with van der Waals surface area (Å²) in [7, 11) is 0. The molecule has 8 rings (SSSR count). The SMILES string of the molecule is CC(C)(C)c1cc(O)cc(-c2cc(C(C)(C)C)ccn2)c1.CC(C)(C)c1cc(Oc2cccc(-c3cc(C(C)(C)C)ccn3)c2)cc(-c2cc(C(C)(C)C)ccn2)c1.CC(C)(C)c1ccnc(-c2cccc(O)c2)c1. The second-order valence-corrected chi connectivity index (χ2v) is 25.9. The summed E-state index contributed by atoms with van der Waals surface area (Å²) in [5.74, 6) is 2.15. The van der Waals surface area contributed by atoms with E-state index in [1.165, 1.54) is 27.8 Å². The summed E-state index contributed by atoms with van der Waals surface area (Å²) in [5.41, 5.74) is 15.3. The van der Waals surface area contributed by atoms with Crippen molar-refractivity contribution < 1.29 is 14.9 Å². The van der Waals surface area contributed by atoms with Crippen LogP contribution in [-0.4, -0.2) is 30.1 Å². The molecule has 2 N–H and O–H groups in total. The molecular weight excluding hydrogens is 921 g/mol. The molecule has 4 aromatic carbocycles. The van der Waals surface area contributed by atoms with Crippen LogP contribution < -0.4 is 4.74 Å². The molecular formula is C68H82N4O3. The minimum absolute atomic E-state index is 0.00483. The number of nitrogens with zero attached hydrogens (tertiary/aromatic N) is 4. The van der Waals surface area contributed by atoms with Crippen LogP contribution >= 0.6 is 0 Å². The Morgan fingerprint density at radius 3 is 0.987 bits per heavy atom. The number of hydrogen-bond donors (Lipinski definition) is 2. The van der Waals surface area contributed by atoms with Crippen LogP contribution in [0.25, 0.3) is 45.0 Å². The standard InChI is InChI=1S/C34H40N2O.C19H25NO.C15H17NO/c1-32(2,3)25-13-15-35-30(21-25)23-11-10-12-28(18-23)37-29-19-24(17-27(20-29)34(7,8)9)31-22-26(14-16-36-31)33(4,5)6;1-18(2,3)14-7-8-20-17(12-14)13-9-15(19(4,5)6)11-16(21)10-13;1-15(2,3)12-7-8-16-14(10-12)11-5-4-6-13(17)9-11/h10-22H,1-9H3;7-12,21H,1-6H3;4-10,17H,1-3H3. The number of aromatic nitrogens is 4. The van der Waals surface area contributed by atoms with Crippen LogP contribution in [0.3, 0.4) is 0 Å². The molecule has 4 heterocycles. The molecule has 0 radical (unpaired) electrons. The second-order valence-electron chi connectivity index (χ2n) is 25.9. The number of pyridine rings is 4. The topological polar surface area (TPSA) is 101 Å². The number of aromatic hydroxyl groups is 2. The van der Waals surface area contributed by atoms with Gasteiger partial charge in [0, 0.05) is 47.0 Å². The van der Waals surface area contributed by atoms with E-state index in [4.69, 9.17) is 9.72 Å². The molecule has 0 atom stereocenters. The first-order valence-electron chi connectivity index (χ1n) is 26.2. The van der Waals surface area contributed by atoms with E-state index >= 15 is 0 Å². The Kier molecular flexibility index (Phi) is 17.1. The van der Waals surface area contributed by atoms with Gasteiger partial charge >= 0.3 is 0 Å². The average Bonchev–Trinajstić information content (AvgIpc) is 3.33. The molecule has 7 heteroatoms. The third-order valence-electron chi connectivity index (χ3n) is 13.2. The zero-order valence-electron chi connectivity index (χ0n) is 48.1. The van der Waals surface area contributed by atoms with Gasteiger partial charge in [0.2, 0.25) is 0 Å². The molecule has 75 heavy (non-hydrogen) atoms. The minimum atomic E-state index is -0.0328. The second kappa shape index (κ2) is 22.4. The number of hydrogen-bond acceptors (Lipinski definition) is 7. The van der Waals surface area contributed by atoms with Crippen molar-refractivity contribution in [3.8, 4) is 68.0 Å². The van der Waals surface area contributed by atoms with Gasteiger partial charge in [0.15, 0.2) is 0 Å². The third kappa shape index (κ3) is 15.9. The minimum Gasteiger partial charge on any atom is -0.508 e. The summed E-state index contributed by atoms with van der Waals surface area (Å²) in [6.45, 7) is 39.5. The van der Waals surface area contributed by atoms with Crippen LogP contribution in [0.15, 0.2) is 158 Å². The average molecular weight is 1000 g/mol. The van der Waals surface area contributed by atoms with Crippen molar-refractivity contribution in [1.82, 2.24) is 19.9 Å². The van der Waals surface area contributed by atoms with Crippen molar-refractivity contribution >= 4 is 0 Å². The number of benzene rings is 4. The van der Waals surface area contributed by atoms with E-state index in [0.717, 1.165) is 62.1 Å². The molecule has 0 aliphatic rings. The molecule has 0 aliphatic carbocycles. The van der Waals surface area contributed by atoms with Crippen LogP contribution in [0.2, 0.25) is 0 Å². The summed E-state index contributed by atoms with van der Waals surface area (Å²) in [6.07, 6.45) is 7.46. The Balaban J connectivity index is 0.000000202. The molecule has 0 unspecified atom stereocenters. The highest BCUT2D eigenvalue weighted by molar-refractivity contribution is 5.67. The van der Waals surface area contributed by atoms with Crippen molar-refractivity contribution in [3.63, 3.8) is 0 Å². The fourth-order valence-electron chi connectivity index (χ4n) is 8.17. The molecule has 0 amide bonds. The smallest absolute Gasteiger partial charge is 0.128 e. The van der Waals surface area contributed by atoms with Gasteiger partial charge in [0.25, 0.3) is 0 Å². The fraction of sp³-hybridized carbons (Fsp3) is 0.353. The quantitative estimate of drug-likeness (QED) is 0.171. The normalized spacial score (nSPS) is 12.2. The van der Waals surface area contributed by atoms with Crippen molar-refractivity contribution in [2.75, 3.05) is 0 Å². The molecule has 8 aromatic rings. The summed E-state index contributed by atoms with van der Waals surface area (Å²) >= 11 is 0. The van der Waals surface area contributed by atoms with Gasteiger partial charge in [-0.25, -0.2) is 0 Å². The van der Waals surface area contributed by atoms with Gasteiger partial charge in [0.05, 0.1) is 22.8 Å². The zero-order chi connectivity index (χ0) is 55.3. The summed E-state index contributed by atoms with van der Waals surface area (Å²) in [6, 6.07) is 44.4. The highest BCUT2D eigenvalue weighted by atomic mass is 16.5. The van der Waals surface area contributed by atoms with E-state index in [0.29, 0.717) is 5.75 Å². The molecule has 0 spiro atoms. The van der Waals surface area contributed by atoms with Crippen molar-refractivity contribution in [1.29, 1.82) is 0 Å². The van der Waals surface area contributed by atoms with Gasteiger partial charge in [-0.3, -0.25) is 19.9 Å². The Morgan fingerprint density at radius 1 is 0.280 bits per heavy atom. The first kappa shape index (κ1) is 57.2. The van der Waals surface area contributed by atoms with Gasteiger partial charge in [-0.2, -0.15) is 0 Å². The van der Waals surface area contributed by atoms with Crippen LogP contribution in [0.1, 0.15) is 158 Å². The predicted molar refractivity (Wildman–Crippen MR) is 314 cm³/mol. The largest absolute Gasteiger partial charge is 0.508 e. The molecule has 0 saturated carbocycles. The lowest BCUT2D eigenvalue weighted by atomic mass is 9.84. The maximum Gasteiger partial charge on any atom is 0.128 e. The van der Waals surface area contributed by atoms with Gasteiger partial charge in [-0.1, -0.05) is 149 Å². The molecule has 0 aliphatic heterocycles. The molecule has 7 nitrogen and oxygen atoms in total. The summed E-state index contributed by atoms with van der Waals surface area (Å²) in [5, 5.41) is 19.5. The maximum atomic E-state index is 10.0. The Labute approximate surface area is 449 Å². The highest BCUT2D eigenvalue weighted by Crippen LogP contribution is 2.37. The third-order valence-corrected chi connectivity index (χ3v) is 13.2. The molecule has 0 fully saturated rings. The number of rotatable bonds is 6. The van der Waals surface area contributed by atoms with Crippen LogP contribution in [0, 0.1) is 0 Å². The highest BCUT2D eigenvalue weighted by Gasteiger charge is 2.22. The van der Waals surface area contributed by atoms with Crippen LogP contribution in [0.4, 0.5) is 0 Å². The van der Waals surface area contributed by atoms with Crippen LogP contribution in [-0.2, 0) is 32.5 Å². The number of ether oxygens (including phenoxy) is 1. The fourth-order valence-corrected chi connectivity index (χ4v) is 8.17. The summed E-state index contributed by atoms with van der Waals surface area (Å²) < 4.78 is 6.48. The van der Waals surface area contributed by atoms with Gasteiger partial charge in [-0.05, 0) is 175 Å². The van der Waals surface area contributed by atoms with Gasteiger partial charge < -0.3 is 14.9 Å². The lowest BCUT2D eigenvalue weighted by molar-refractivity contribution is 0.471.